The van der Waals surface area contributed by atoms with Crippen molar-refractivity contribution in [2.75, 3.05) is 36.0 Å². The van der Waals surface area contributed by atoms with Gasteiger partial charge in [0.1, 0.15) is 0 Å². The zero-order valence-corrected chi connectivity index (χ0v) is 28.5. The third-order valence-electron chi connectivity index (χ3n) is 10.1. The van der Waals surface area contributed by atoms with Crippen LogP contribution < -0.4 is 20.4 Å². The van der Waals surface area contributed by atoms with Crippen LogP contribution in [0.1, 0.15) is 91.5 Å². The number of aliphatic hydroxyl groups is 1. The largest absolute Gasteiger partial charge is 0.504 e. The van der Waals surface area contributed by atoms with Gasteiger partial charge in [-0.3, -0.25) is 9.59 Å². The fourth-order valence-corrected chi connectivity index (χ4v) is 7.29. The summed E-state index contributed by atoms with van der Waals surface area (Å²) < 4.78 is 6.26. The molecule has 3 heterocycles. The van der Waals surface area contributed by atoms with Crippen molar-refractivity contribution in [1.82, 2.24) is 10.6 Å². The minimum Gasteiger partial charge on any atom is -0.504 e. The Morgan fingerprint density at radius 1 is 1.00 bits per heavy atom. The first-order valence-corrected chi connectivity index (χ1v) is 17.6. The lowest BCUT2D eigenvalue weighted by Crippen LogP contribution is -2.49. The van der Waals surface area contributed by atoms with E-state index in [1.807, 2.05) is 30.3 Å². The Morgan fingerprint density at radius 3 is 2.46 bits per heavy atom. The summed E-state index contributed by atoms with van der Waals surface area (Å²) in [6, 6.07) is 19.1. The third-order valence-corrected chi connectivity index (χ3v) is 10.1. The van der Waals surface area contributed by atoms with E-state index in [1.54, 1.807) is 17.0 Å². The van der Waals surface area contributed by atoms with Gasteiger partial charge in [-0.15, -0.1) is 0 Å². The minimum absolute atomic E-state index is 0.0348. The molecule has 3 aliphatic heterocycles. The van der Waals surface area contributed by atoms with Crippen LogP contribution in [-0.4, -0.2) is 66.0 Å². The van der Waals surface area contributed by atoms with E-state index < -0.39 is 12.1 Å². The molecule has 0 saturated carbocycles. The standard InChI is InChI=1S/C39H50N4O5/c1-4-26-14-15-28-25-48-39(2,3)23-32(30(28)19-26)40-24-35(44)31(20-27-11-6-5-7-12-27)41-38(47)29-21-33(42-16-8-9-17-42)37(46)34(22-29)43-18-10-13-36(43)45/h5-7,11-12,14-15,19,21-22,31-32,35,40,44,46H,4,8-10,13,16-18,20,23-25H2,1-3H3,(H,41,47). The van der Waals surface area contributed by atoms with Crippen molar-refractivity contribution in [3.8, 4) is 5.75 Å². The summed E-state index contributed by atoms with van der Waals surface area (Å²) in [7, 11) is 0. The molecule has 3 atom stereocenters. The Kier molecular flexibility index (Phi) is 10.4. The first kappa shape index (κ1) is 34.0. The topological polar surface area (TPSA) is 114 Å². The molecule has 2 fully saturated rings. The molecule has 4 N–H and O–H groups in total. The van der Waals surface area contributed by atoms with Gasteiger partial charge in [-0.2, -0.15) is 0 Å². The van der Waals surface area contributed by atoms with E-state index in [1.165, 1.54) is 11.1 Å². The molecule has 3 unspecified atom stereocenters. The first-order valence-electron chi connectivity index (χ1n) is 17.6. The molecular formula is C39H50N4O5. The van der Waals surface area contributed by atoms with Gasteiger partial charge >= 0.3 is 0 Å². The number of nitrogens with one attached hydrogen (secondary N) is 2. The summed E-state index contributed by atoms with van der Waals surface area (Å²) >= 11 is 0. The van der Waals surface area contributed by atoms with E-state index in [-0.39, 0.29) is 35.8 Å². The van der Waals surface area contributed by atoms with E-state index in [0.717, 1.165) is 49.9 Å². The quantitative estimate of drug-likeness (QED) is 0.219. The number of amides is 2. The number of hydrogen-bond donors (Lipinski definition) is 4. The van der Waals surface area contributed by atoms with E-state index in [2.05, 4.69) is 54.5 Å². The first-order chi connectivity index (χ1) is 23.1. The van der Waals surface area contributed by atoms with E-state index in [9.17, 15) is 19.8 Å². The Hall–Kier alpha value is -3.92. The van der Waals surface area contributed by atoms with Gasteiger partial charge in [0.05, 0.1) is 35.7 Å². The fraction of sp³-hybridized carbons (Fsp3) is 0.487. The van der Waals surface area contributed by atoms with Crippen molar-refractivity contribution in [3.05, 3.63) is 88.5 Å². The highest BCUT2D eigenvalue weighted by atomic mass is 16.5. The number of fused-ring (bicyclic) bond motifs is 1. The van der Waals surface area contributed by atoms with Crippen LogP contribution >= 0.6 is 0 Å². The van der Waals surface area contributed by atoms with Crippen LogP contribution in [0.5, 0.6) is 5.75 Å². The number of aromatic hydroxyl groups is 1. The van der Waals surface area contributed by atoms with Crippen molar-refractivity contribution in [3.63, 3.8) is 0 Å². The highest BCUT2D eigenvalue weighted by molar-refractivity contribution is 6.02. The Bertz CT molecular complexity index is 1600. The maximum Gasteiger partial charge on any atom is 0.251 e. The number of carbonyl (C=O) groups excluding carboxylic acids is 2. The van der Waals surface area contributed by atoms with Gasteiger partial charge in [-0.05, 0) is 86.8 Å². The highest BCUT2D eigenvalue weighted by Crippen LogP contribution is 2.41. The van der Waals surface area contributed by atoms with E-state index in [4.69, 9.17) is 4.74 Å². The van der Waals surface area contributed by atoms with E-state index >= 15 is 0 Å². The smallest absolute Gasteiger partial charge is 0.251 e. The SMILES string of the molecule is CCc1ccc2c(c1)C(NCC(O)C(Cc1ccccc1)NC(=O)c1cc(N3CCCC3)c(O)c(N3CCCC3=O)c1)CC(C)(C)OC2. The maximum absolute atomic E-state index is 14.1. The number of rotatable bonds is 11. The molecule has 256 valence electrons. The molecule has 3 aromatic carbocycles. The lowest BCUT2D eigenvalue weighted by Gasteiger charge is -2.30. The van der Waals surface area contributed by atoms with Gasteiger partial charge in [-0.1, -0.05) is 55.5 Å². The average molecular weight is 655 g/mol. The number of nitrogens with zero attached hydrogens (tertiary/aromatic N) is 2. The minimum atomic E-state index is -0.908. The summed E-state index contributed by atoms with van der Waals surface area (Å²) in [6.45, 7) is 9.20. The molecule has 2 amide bonds. The molecule has 0 spiro atoms. The van der Waals surface area contributed by atoms with Crippen LogP contribution in [0.15, 0.2) is 60.7 Å². The van der Waals surface area contributed by atoms with Crippen LogP contribution in [0.2, 0.25) is 0 Å². The van der Waals surface area contributed by atoms with Crippen molar-refractivity contribution >= 4 is 23.2 Å². The molecule has 3 aliphatic rings. The molecule has 0 aliphatic carbocycles. The second kappa shape index (κ2) is 14.7. The van der Waals surface area contributed by atoms with Gasteiger partial charge in [0.15, 0.2) is 5.75 Å². The third kappa shape index (κ3) is 7.69. The summed E-state index contributed by atoms with van der Waals surface area (Å²) in [5, 5.41) is 29.9. The molecule has 6 rings (SSSR count). The number of aryl methyl sites for hydroxylation is 1. The van der Waals surface area contributed by atoms with Crippen molar-refractivity contribution in [2.24, 2.45) is 0 Å². The second-order valence-electron chi connectivity index (χ2n) is 14.1. The van der Waals surface area contributed by atoms with Crippen LogP contribution in [0, 0.1) is 0 Å². The molecule has 3 aromatic rings. The molecule has 48 heavy (non-hydrogen) atoms. The number of ether oxygens (including phenoxy) is 1. The molecule has 0 bridgehead atoms. The van der Waals surface area contributed by atoms with E-state index in [0.29, 0.717) is 49.4 Å². The maximum atomic E-state index is 14.1. The molecule has 9 heteroatoms. The number of anilines is 2. The predicted molar refractivity (Wildman–Crippen MR) is 189 cm³/mol. The van der Waals surface area contributed by atoms with Crippen molar-refractivity contribution < 1.29 is 24.5 Å². The Morgan fingerprint density at radius 2 is 1.75 bits per heavy atom. The van der Waals surface area contributed by atoms with Crippen molar-refractivity contribution in [1.29, 1.82) is 0 Å². The Labute approximate surface area is 284 Å². The summed E-state index contributed by atoms with van der Waals surface area (Å²) in [5.41, 5.74) is 5.53. The van der Waals surface area contributed by atoms with Crippen LogP contribution in [0.25, 0.3) is 0 Å². The lowest BCUT2D eigenvalue weighted by atomic mass is 9.91. The van der Waals surface area contributed by atoms with Gasteiger partial charge in [-0.25, -0.2) is 0 Å². The highest BCUT2D eigenvalue weighted by Gasteiger charge is 2.33. The van der Waals surface area contributed by atoms with Gasteiger partial charge < -0.3 is 35.4 Å². The zero-order chi connectivity index (χ0) is 33.8. The van der Waals surface area contributed by atoms with Gasteiger partial charge in [0.25, 0.3) is 5.91 Å². The van der Waals surface area contributed by atoms with Crippen molar-refractivity contribution in [2.45, 2.75) is 96.1 Å². The number of phenols is 1. The number of benzene rings is 3. The van der Waals surface area contributed by atoms with Crippen LogP contribution in [0.4, 0.5) is 11.4 Å². The number of hydrogen-bond acceptors (Lipinski definition) is 7. The molecule has 0 radical (unpaired) electrons. The average Bonchev–Trinajstić information content (AvgIpc) is 3.75. The monoisotopic (exact) mass is 654 g/mol. The second-order valence-corrected chi connectivity index (χ2v) is 14.1. The molecule has 9 nitrogen and oxygen atoms in total. The number of carbonyl (C=O) groups is 2. The normalized spacial score (nSPS) is 20.3. The zero-order valence-electron chi connectivity index (χ0n) is 28.5. The molecular weight excluding hydrogens is 604 g/mol. The summed E-state index contributed by atoms with van der Waals surface area (Å²) in [5.74, 6) is -0.376. The van der Waals surface area contributed by atoms with Crippen LogP contribution in [0.3, 0.4) is 0 Å². The van der Waals surface area contributed by atoms with Crippen LogP contribution in [-0.2, 0) is 29.0 Å². The Balaban J connectivity index is 1.26. The van der Waals surface area contributed by atoms with Gasteiger partial charge in [0, 0.05) is 44.2 Å². The molecule has 2 saturated heterocycles. The number of phenolic OH excluding ortho intramolecular Hbond substituents is 1. The number of aliphatic hydroxyl groups excluding tert-OH is 1. The summed E-state index contributed by atoms with van der Waals surface area (Å²) in [6.07, 6.45) is 4.32. The predicted octanol–water partition coefficient (Wildman–Crippen LogP) is 5.41. The lowest BCUT2D eigenvalue weighted by molar-refractivity contribution is -0.117. The summed E-state index contributed by atoms with van der Waals surface area (Å²) in [4.78, 5) is 30.5. The fourth-order valence-electron chi connectivity index (χ4n) is 7.29. The molecule has 0 aromatic heterocycles. The van der Waals surface area contributed by atoms with Gasteiger partial charge in [0.2, 0.25) is 5.91 Å².